The molecule has 0 spiro atoms. The Bertz CT molecular complexity index is 1480. The zero-order chi connectivity index (χ0) is 23.0. The molecule has 32 heavy (non-hydrogen) atoms. The van der Waals surface area contributed by atoms with Crippen molar-refractivity contribution in [3.05, 3.63) is 91.0 Å². The maximum Gasteiger partial charge on any atom is 0.340 e. The molecule has 2 heterocycles. The van der Waals surface area contributed by atoms with Crippen molar-refractivity contribution in [2.45, 2.75) is 5.92 Å². The number of methoxy groups -OCH3 is 1. The molecule has 3 aromatic rings. The number of ether oxygens (including phenoxy) is 1. The van der Waals surface area contributed by atoms with E-state index in [-0.39, 0.29) is 32.6 Å². The van der Waals surface area contributed by atoms with Gasteiger partial charge in [0.25, 0.3) is 0 Å². The number of halogens is 2. The van der Waals surface area contributed by atoms with Gasteiger partial charge in [-0.05, 0) is 41.5 Å². The molecule has 4 rings (SSSR count). The second-order valence-corrected chi connectivity index (χ2v) is 8.17. The van der Waals surface area contributed by atoms with Gasteiger partial charge in [0.05, 0.1) is 18.7 Å². The molecule has 1 unspecified atom stereocenters. The van der Waals surface area contributed by atoms with Crippen molar-refractivity contribution < 1.29 is 13.9 Å². The highest BCUT2D eigenvalue weighted by Gasteiger charge is 2.36. The van der Waals surface area contributed by atoms with Crippen molar-refractivity contribution in [2.75, 3.05) is 7.11 Å². The summed E-state index contributed by atoms with van der Waals surface area (Å²) < 4.78 is 12.6. The molecule has 2 aromatic carbocycles. The highest BCUT2D eigenvalue weighted by Crippen LogP contribution is 2.35. The van der Waals surface area contributed by atoms with E-state index in [9.17, 15) is 10.1 Å². The standard InChI is InChI=1S/C23H15Cl2N3O3S/c1-30-23(29)19-18(13-4-8-15(25)9-5-13)20(27)16(11-26)28-21(19)31-17(22(28)32)10-12-2-6-14(24)7-3-12/h2-10,18H,27H2,1H3. The summed E-state index contributed by atoms with van der Waals surface area (Å²) in [5.74, 6) is -1.43. The Hall–Kier alpha value is -3.31. The van der Waals surface area contributed by atoms with Crippen LogP contribution in [0, 0.1) is 16.0 Å². The average Bonchev–Trinajstić information content (AvgIpc) is 3.10. The fraction of sp³-hybridized carbons (Fsp3) is 0.0870. The first kappa shape index (κ1) is 21.9. The number of esters is 1. The third-order valence-corrected chi connectivity index (χ3v) is 5.92. The van der Waals surface area contributed by atoms with Crippen molar-refractivity contribution in [1.29, 1.82) is 5.26 Å². The zero-order valence-electron chi connectivity index (χ0n) is 16.6. The number of nitriles is 1. The second kappa shape index (κ2) is 8.67. The average molecular weight is 484 g/mol. The maximum atomic E-state index is 12.9. The minimum atomic E-state index is -0.779. The highest BCUT2D eigenvalue weighted by molar-refractivity contribution is 7.71. The number of nitrogens with zero attached hydrogens (tertiary/aromatic N) is 2. The molecular formula is C23H15Cl2N3O3S. The largest absolute Gasteiger partial charge is 0.465 e. The molecule has 0 saturated carbocycles. The molecule has 0 bridgehead atoms. The summed E-state index contributed by atoms with van der Waals surface area (Å²) in [5.41, 5.74) is 8.58. The lowest BCUT2D eigenvalue weighted by atomic mass is 9.86. The quantitative estimate of drug-likeness (QED) is 0.450. The van der Waals surface area contributed by atoms with Crippen LogP contribution in [-0.4, -0.2) is 17.6 Å². The molecule has 9 heteroatoms. The molecule has 1 aliphatic rings. The van der Waals surface area contributed by atoms with Crippen molar-refractivity contribution in [1.82, 2.24) is 4.57 Å². The second-order valence-electron chi connectivity index (χ2n) is 6.91. The Morgan fingerprint density at radius 2 is 1.78 bits per heavy atom. The molecule has 160 valence electrons. The van der Waals surface area contributed by atoms with E-state index < -0.39 is 11.9 Å². The Balaban J connectivity index is 2.09. The monoisotopic (exact) mass is 483 g/mol. The number of oxazole rings is 1. The van der Waals surface area contributed by atoms with Crippen LogP contribution in [0.15, 0.2) is 58.6 Å². The van der Waals surface area contributed by atoms with Crippen LogP contribution in [0.2, 0.25) is 10.0 Å². The van der Waals surface area contributed by atoms with E-state index in [4.69, 9.17) is 50.3 Å². The summed E-state index contributed by atoms with van der Waals surface area (Å²) in [6, 6.07) is 15.9. The Labute approximate surface area is 198 Å². The minimum Gasteiger partial charge on any atom is -0.465 e. The topological polar surface area (TPSA) is 94.2 Å². The van der Waals surface area contributed by atoms with Gasteiger partial charge in [-0.2, -0.15) is 5.26 Å². The lowest BCUT2D eigenvalue weighted by Crippen LogP contribution is -2.34. The number of fused-ring (bicyclic) bond motifs is 1. The first-order valence-electron chi connectivity index (χ1n) is 9.33. The van der Waals surface area contributed by atoms with E-state index >= 15 is 0 Å². The number of allylic oxidation sites excluding steroid dienone is 2. The molecule has 0 aliphatic carbocycles. The smallest absolute Gasteiger partial charge is 0.340 e. The number of nitrogens with two attached hydrogens (primary N) is 1. The number of carbonyl (C=O) groups excluding carboxylic acids is 1. The molecule has 2 N–H and O–H groups in total. The van der Waals surface area contributed by atoms with Crippen LogP contribution in [0.3, 0.4) is 0 Å². The Morgan fingerprint density at radius 3 is 2.34 bits per heavy atom. The van der Waals surface area contributed by atoms with Gasteiger partial charge >= 0.3 is 5.97 Å². The third-order valence-electron chi connectivity index (χ3n) is 5.03. The number of hydrogen-bond acceptors (Lipinski definition) is 6. The number of carbonyl (C=O) groups is 1. The van der Waals surface area contributed by atoms with Crippen LogP contribution >= 0.6 is 35.4 Å². The molecule has 1 aromatic heterocycles. The van der Waals surface area contributed by atoms with Gasteiger partial charge in [0, 0.05) is 10.0 Å². The number of benzene rings is 2. The third kappa shape index (κ3) is 3.73. The summed E-state index contributed by atoms with van der Waals surface area (Å²) in [6.45, 7) is 0. The van der Waals surface area contributed by atoms with Gasteiger partial charge in [0.15, 0.2) is 10.1 Å². The Kier molecular flexibility index (Phi) is 5.94. The van der Waals surface area contributed by atoms with Crippen molar-refractivity contribution in [2.24, 2.45) is 5.73 Å². The summed E-state index contributed by atoms with van der Waals surface area (Å²) >= 11 is 17.5. The summed E-state index contributed by atoms with van der Waals surface area (Å²) in [5, 5.41) is 11.0. The van der Waals surface area contributed by atoms with Crippen LogP contribution in [0.25, 0.3) is 17.3 Å². The van der Waals surface area contributed by atoms with Gasteiger partial charge in [0.2, 0.25) is 5.55 Å². The molecule has 1 atom stereocenters. The van der Waals surface area contributed by atoms with E-state index in [1.165, 1.54) is 11.7 Å². The van der Waals surface area contributed by atoms with E-state index in [0.29, 0.717) is 15.6 Å². The van der Waals surface area contributed by atoms with Crippen LogP contribution in [0.4, 0.5) is 0 Å². The van der Waals surface area contributed by atoms with Crippen molar-refractivity contribution >= 4 is 58.7 Å². The van der Waals surface area contributed by atoms with Gasteiger partial charge in [-0.15, -0.1) is 0 Å². The Morgan fingerprint density at radius 1 is 1.19 bits per heavy atom. The van der Waals surface area contributed by atoms with E-state index in [1.54, 1.807) is 54.6 Å². The van der Waals surface area contributed by atoms with E-state index in [0.717, 1.165) is 5.56 Å². The van der Waals surface area contributed by atoms with Crippen LogP contribution in [-0.2, 0) is 9.53 Å². The van der Waals surface area contributed by atoms with Gasteiger partial charge < -0.3 is 14.9 Å². The SMILES string of the molecule is COC(=O)C1=c2oc(=Cc3ccc(Cl)cc3)c(=S)n2C(C#N)=C(N)C1c1ccc(Cl)cc1. The predicted octanol–water partition coefficient (Wildman–Crippen LogP) is 3.72. The lowest BCUT2D eigenvalue weighted by molar-refractivity contribution is -0.134. The molecule has 0 radical (unpaired) electrons. The van der Waals surface area contributed by atoms with Gasteiger partial charge in [-0.25, -0.2) is 4.79 Å². The highest BCUT2D eigenvalue weighted by atomic mass is 35.5. The van der Waals surface area contributed by atoms with E-state index in [2.05, 4.69) is 6.07 Å². The fourth-order valence-electron chi connectivity index (χ4n) is 3.55. The molecule has 0 amide bonds. The molecule has 6 nitrogen and oxygen atoms in total. The summed E-state index contributed by atoms with van der Waals surface area (Å²) in [7, 11) is 1.26. The first-order valence-corrected chi connectivity index (χ1v) is 10.5. The molecular weight excluding hydrogens is 469 g/mol. The van der Waals surface area contributed by atoms with Crippen molar-refractivity contribution in [3.8, 4) is 6.07 Å². The minimum absolute atomic E-state index is 0.0807. The first-order chi connectivity index (χ1) is 15.3. The maximum absolute atomic E-state index is 12.9. The van der Waals surface area contributed by atoms with E-state index in [1.807, 2.05) is 0 Å². The summed E-state index contributed by atoms with van der Waals surface area (Å²) in [6.07, 6.45) is 1.70. The molecule has 1 aliphatic heterocycles. The normalized spacial score (nSPS) is 16.0. The zero-order valence-corrected chi connectivity index (χ0v) is 19.0. The fourth-order valence-corrected chi connectivity index (χ4v) is 4.08. The molecule has 0 saturated heterocycles. The van der Waals surface area contributed by atoms with Crippen LogP contribution in [0.5, 0.6) is 0 Å². The van der Waals surface area contributed by atoms with Gasteiger partial charge in [0.1, 0.15) is 17.3 Å². The van der Waals surface area contributed by atoms with Gasteiger partial charge in [-0.1, -0.05) is 59.7 Å². The number of hydrogen-bond donors (Lipinski definition) is 1. The predicted molar refractivity (Wildman–Crippen MR) is 124 cm³/mol. The number of aromatic nitrogens is 1. The van der Waals surface area contributed by atoms with Crippen LogP contribution < -0.4 is 16.7 Å². The number of rotatable bonds is 3. The lowest BCUT2D eigenvalue weighted by Gasteiger charge is -2.24. The van der Waals surface area contributed by atoms with Crippen LogP contribution in [0.1, 0.15) is 17.0 Å². The van der Waals surface area contributed by atoms with Gasteiger partial charge in [-0.3, -0.25) is 4.57 Å². The molecule has 0 fully saturated rings. The summed E-state index contributed by atoms with van der Waals surface area (Å²) in [4.78, 5) is 12.9. The van der Waals surface area contributed by atoms with Crippen molar-refractivity contribution in [3.63, 3.8) is 0 Å².